The van der Waals surface area contributed by atoms with Crippen molar-refractivity contribution < 1.29 is 15.3 Å². The maximum absolute atomic E-state index is 11.5. The highest BCUT2D eigenvalue weighted by molar-refractivity contribution is 5.78. The third-order valence-corrected chi connectivity index (χ3v) is 2.68. The Bertz CT molecular complexity index is 578. The first kappa shape index (κ1) is 11.8. The number of fused-ring (bicyclic) bond motifs is 1. The average Bonchev–Trinajstić information content (AvgIpc) is 2.37. The van der Waals surface area contributed by atoms with E-state index in [0.717, 1.165) is 0 Å². The Morgan fingerprint density at radius 1 is 1.24 bits per heavy atom. The van der Waals surface area contributed by atoms with Crippen molar-refractivity contribution in [1.82, 2.24) is 4.98 Å². The van der Waals surface area contributed by atoms with E-state index < -0.39 is 18.8 Å². The number of H-pyrrole nitrogens is 1. The van der Waals surface area contributed by atoms with Crippen LogP contribution in [0.15, 0.2) is 35.3 Å². The summed E-state index contributed by atoms with van der Waals surface area (Å²) in [5, 5.41) is 28.3. The molecular formula is C12H13NO4. The van der Waals surface area contributed by atoms with Crippen molar-refractivity contribution >= 4 is 10.9 Å². The largest absolute Gasteiger partial charge is 0.394 e. The van der Waals surface area contributed by atoms with E-state index in [1.165, 1.54) is 12.3 Å². The van der Waals surface area contributed by atoms with Crippen molar-refractivity contribution in [2.45, 2.75) is 12.2 Å². The van der Waals surface area contributed by atoms with Crippen LogP contribution in [0, 0.1) is 0 Å². The third kappa shape index (κ3) is 2.21. The van der Waals surface area contributed by atoms with Crippen molar-refractivity contribution in [2.75, 3.05) is 6.61 Å². The molecule has 2 aromatic rings. The number of aliphatic hydroxyl groups is 3. The van der Waals surface area contributed by atoms with Gasteiger partial charge in [-0.3, -0.25) is 4.79 Å². The first-order valence-corrected chi connectivity index (χ1v) is 5.22. The van der Waals surface area contributed by atoms with Crippen molar-refractivity contribution in [3.8, 4) is 0 Å². The second-order valence-electron chi connectivity index (χ2n) is 3.84. The number of benzene rings is 1. The predicted molar refractivity (Wildman–Crippen MR) is 62.6 cm³/mol. The van der Waals surface area contributed by atoms with Gasteiger partial charge in [0.2, 0.25) is 0 Å². The normalized spacial score (nSPS) is 14.8. The van der Waals surface area contributed by atoms with Gasteiger partial charge in [0.1, 0.15) is 12.2 Å². The number of aromatic amines is 1. The van der Waals surface area contributed by atoms with Crippen molar-refractivity contribution in [1.29, 1.82) is 0 Å². The molecule has 2 rings (SSSR count). The number of aromatic nitrogens is 1. The van der Waals surface area contributed by atoms with Gasteiger partial charge in [-0.25, -0.2) is 0 Å². The monoisotopic (exact) mass is 235 g/mol. The quantitative estimate of drug-likeness (QED) is 0.598. The van der Waals surface area contributed by atoms with Crippen LogP contribution in [0.2, 0.25) is 0 Å². The van der Waals surface area contributed by atoms with Gasteiger partial charge >= 0.3 is 0 Å². The minimum Gasteiger partial charge on any atom is -0.394 e. The molecule has 1 heterocycles. The topological polar surface area (TPSA) is 93.6 Å². The molecule has 2 unspecified atom stereocenters. The zero-order chi connectivity index (χ0) is 12.4. The van der Waals surface area contributed by atoms with Gasteiger partial charge in [-0.2, -0.15) is 0 Å². The molecule has 0 spiro atoms. The van der Waals surface area contributed by atoms with Gasteiger partial charge in [-0.1, -0.05) is 6.07 Å². The van der Waals surface area contributed by atoms with E-state index >= 15 is 0 Å². The number of hydrogen-bond acceptors (Lipinski definition) is 4. The maximum atomic E-state index is 11.5. The van der Waals surface area contributed by atoms with Crippen molar-refractivity contribution in [3.05, 3.63) is 46.2 Å². The Labute approximate surface area is 97.0 Å². The molecule has 0 aliphatic rings. The fraction of sp³-hybridized carbons (Fsp3) is 0.250. The molecule has 1 aromatic heterocycles. The van der Waals surface area contributed by atoms with E-state index in [2.05, 4.69) is 4.98 Å². The number of aliphatic hydroxyl groups excluding tert-OH is 3. The van der Waals surface area contributed by atoms with Crippen LogP contribution in [0.25, 0.3) is 10.9 Å². The molecule has 0 bridgehead atoms. The number of rotatable bonds is 3. The van der Waals surface area contributed by atoms with E-state index in [-0.39, 0.29) is 5.43 Å². The molecule has 0 radical (unpaired) electrons. The second kappa shape index (κ2) is 4.67. The maximum Gasteiger partial charge on any atom is 0.189 e. The van der Waals surface area contributed by atoms with Gasteiger partial charge in [0.05, 0.1) is 6.61 Å². The van der Waals surface area contributed by atoms with Gasteiger partial charge in [0.25, 0.3) is 0 Å². The Hall–Kier alpha value is -1.69. The number of nitrogens with one attached hydrogen (secondary N) is 1. The highest BCUT2D eigenvalue weighted by atomic mass is 16.4. The fourth-order valence-corrected chi connectivity index (χ4v) is 1.70. The number of hydrogen-bond donors (Lipinski definition) is 4. The molecular weight excluding hydrogens is 222 g/mol. The van der Waals surface area contributed by atoms with E-state index in [4.69, 9.17) is 5.11 Å². The summed E-state index contributed by atoms with van der Waals surface area (Å²) in [6, 6.07) is 6.14. The molecule has 90 valence electrons. The molecule has 0 amide bonds. The van der Waals surface area contributed by atoms with E-state index in [0.29, 0.717) is 16.5 Å². The van der Waals surface area contributed by atoms with Crippen molar-refractivity contribution in [3.63, 3.8) is 0 Å². The van der Waals surface area contributed by atoms with Crippen LogP contribution in [0.5, 0.6) is 0 Å². The van der Waals surface area contributed by atoms with Crippen LogP contribution in [-0.4, -0.2) is 33.0 Å². The summed E-state index contributed by atoms with van der Waals surface area (Å²) in [6.07, 6.45) is -0.889. The molecule has 0 aliphatic heterocycles. The summed E-state index contributed by atoms with van der Waals surface area (Å²) in [5.74, 6) is 0. The lowest BCUT2D eigenvalue weighted by molar-refractivity contribution is -0.0152. The van der Waals surface area contributed by atoms with Crippen LogP contribution in [0.3, 0.4) is 0 Å². The lowest BCUT2D eigenvalue weighted by Gasteiger charge is -2.16. The Morgan fingerprint density at radius 3 is 2.71 bits per heavy atom. The zero-order valence-electron chi connectivity index (χ0n) is 9.00. The minimum atomic E-state index is -1.23. The molecule has 4 N–H and O–H groups in total. The molecule has 5 nitrogen and oxygen atoms in total. The summed E-state index contributed by atoms with van der Waals surface area (Å²) in [7, 11) is 0. The number of pyridine rings is 1. The van der Waals surface area contributed by atoms with Crippen molar-refractivity contribution in [2.24, 2.45) is 0 Å². The first-order chi connectivity index (χ1) is 8.13. The first-order valence-electron chi connectivity index (χ1n) is 5.22. The third-order valence-electron chi connectivity index (χ3n) is 2.68. The Kier molecular flexibility index (Phi) is 3.23. The standard InChI is InChI=1S/C12H13NO4/c14-6-11(16)12(17)7-1-2-8-9(5-7)13-4-3-10(8)15/h1-5,11-12,14,16-17H,6H2,(H,13,15). The summed E-state index contributed by atoms with van der Waals surface area (Å²) >= 11 is 0. The smallest absolute Gasteiger partial charge is 0.189 e. The Balaban J connectivity index is 2.48. The molecule has 0 saturated heterocycles. The summed E-state index contributed by atoms with van der Waals surface area (Å²) in [6.45, 7) is -0.523. The van der Waals surface area contributed by atoms with Crippen LogP contribution < -0.4 is 5.43 Å². The fourth-order valence-electron chi connectivity index (χ4n) is 1.70. The molecule has 0 fully saturated rings. The highest BCUT2D eigenvalue weighted by Crippen LogP contribution is 2.19. The molecule has 0 aliphatic carbocycles. The minimum absolute atomic E-state index is 0.109. The van der Waals surface area contributed by atoms with Gasteiger partial charge < -0.3 is 20.3 Å². The lowest BCUT2D eigenvalue weighted by atomic mass is 10.0. The van der Waals surface area contributed by atoms with Gasteiger partial charge in [0, 0.05) is 23.2 Å². The molecule has 1 aromatic carbocycles. The van der Waals surface area contributed by atoms with Crippen LogP contribution in [0.1, 0.15) is 11.7 Å². The van der Waals surface area contributed by atoms with E-state index in [9.17, 15) is 15.0 Å². The molecule has 2 atom stereocenters. The van der Waals surface area contributed by atoms with Crippen LogP contribution in [-0.2, 0) is 0 Å². The predicted octanol–water partition coefficient (Wildman–Crippen LogP) is -0.0853. The molecule has 17 heavy (non-hydrogen) atoms. The van der Waals surface area contributed by atoms with E-state index in [1.54, 1.807) is 18.2 Å². The van der Waals surface area contributed by atoms with Crippen LogP contribution in [0.4, 0.5) is 0 Å². The zero-order valence-corrected chi connectivity index (χ0v) is 9.00. The summed E-state index contributed by atoms with van der Waals surface area (Å²) in [5.41, 5.74) is 0.919. The Morgan fingerprint density at radius 2 is 2.00 bits per heavy atom. The van der Waals surface area contributed by atoms with Gasteiger partial charge in [0.15, 0.2) is 5.43 Å². The van der Waals surface area contributed by atoms with Gasteiger partial charge in [-0.05, 0) is 17.7 Å². The van der Waals surface area contributed by atoms with Crippen LogP contribution >= 0.6 is 0 Å². The summed E-state index contributed by atoms with van der Waals surface area (Å²) < 4.78 is 0. The van der Waals surface area contributed by atoms with E-state index in [1.807, 2.05) is 0 Å². The highest BCUT2D eigenvalue weighted by Gasteiger charge is 2.17. The summed E-state index contributed by atoms with van der Waals surface area (Å²) in [4.78, 5) is 14.4. The van der Waals surface area contributed by atoms with Gasteiger partial charge in [-0.15, -0.1) is 0 Å². The lowest BCUT2D eigenvalue weighted by Crippen LogP contribution is -2.22. The molecule has 5 heteroatoms. The molecule has 0 saturated carbocycles. The second-order valence-corrected chi connectivity index (χ2v) is 3.84. The SMILES string of the molecule is O=c1cc[nH]c2cc(C(O)C(O)CO)ccc12. The average molecular weight is 235 g/mol.